The number of rotatable bonds is 7. The molecule has 1 unspecified atom stereocenters. The fraction of sp³-hybridized carbons (Fsp3) is 0.550. The molecule has 2 amide bonds. The van der Waals surface area contributed by atoms with E-state index in [0.717, 1.165) is 12.3 Å². The lowest BCUT2D eigenvalue weighted by Crippen LogP contribution is -2.39. The van der Waals surface area contributed by atoms with E-state index >= 15 is 0 Å². The number of anilines is 1. The van der Waals surface area contributed by atoms with Crippen molar-refractivity contribution in [3.05, 3.63) is 35.5 Å². The summed E-state index contributed by atoms with van der Waals surface area (Å²) in [6.07, 6.45) is -2.80. The molecule has 13 heteroatoms. The Morgan fingerprint density at radius 2 is 2.03 bits per heavy atom. The summed E-state index contributed by atoms with van der Waals surface area (Å²) in [7, 11) is 3.20. The molecule has 0 spiro atoms. The number of aromatic nitrogens is 3. The molecule has 1 atom stereocenters. The van der Waals surface area contributed by atoms with Gasteiger partial charge in [0.15, 0.2) is 5.69 Å². The second kappa shape index (κ2) is 10.0. The van der Waals surface area contributed by atoms with Gasteiger partial charge in [-0.3, -0.25) is 4.79 Å². The number of alkyl halides is 3. The van der Waals surface area contributed by atoms with Crippen molar-refractivity contribution in [2.45, 2.75) is 25.4 Å². The standard InChI is InChI=1S/C20H25F3N6O4/c1-28(2)17(30)15-10-14(33-27-15)9-13(11-32-18(24)31)12-4-7-29(8-5-12)19-25-6-3-16(26-19)20(21,22)23/h3,6,10,12-13H,4-5,7-9,11H2,1-2H3,(H2,24,31). The molecule has 10 nitrogen and oxygen atoms in total. The Bertz CT molecular complexity index is 973. The highest BCUT2D eigenvalue weighted by atomic mass is 19.4. The molecule has 3 heterocycles. The van der Waals surface area contributed by atoms with Gasteiger partial charge >= 0.3 is 12.3 Å². The van der Waals surface area contributed by atoms with Crippen molar-refractivity contribution < 1.29 is 32.0 Å². The van der Waals surface area contributed by atoms with Crippen LogP contribution in [-0.2, 0) is 17.3 Å². The lowest BCUT2D eigenvalue weighted by Gasteiger charge is -2.35. The van der Waals surface area contributed by atoms with E-state index in [1.165, 1.54) is 4.90 Å². The lowest BCUT2D eigenvalue weighted by molar-refractivity contribution is -0.141. The topological polar surface area (TPSA) is 128 Å². The van der Waals surface area contributed by atoms with E-state index in [9.17, 15) is 22.8 Å². The average Bonchev–Trinajstić information content (AvgIpc) is 3.24. The van der Waals surface area contributed by atoms with Gasteiger partial charge in [0.2, 0.25) is 5.95 Å². The van der Waals surface area contributed by atoms with Crippen molar-refractivity contribution in [3.8, 4) is 0 Å². The van der Waals surface area contributed by atoms with Gasteiger partial charge in [0, 0.05) is 51.8 Å². The van der Waals surface area contributed by atoms with Gasteiger partial charge < -0.3 is 24.8 Å². The fourth-order valence-electron chi connectivity index (χ4n) is 3.78. The summed E-state index contributed by atoms with van der Waals surface area (Å²) in [5.41, 5.74) is 4.30. The van der Waals surface area contributed by atoms with E-state index < -0.39 is 18.0 Å². The first kappa shape index (κ1) is 24.3. The number of amides is 2. The fourth-order valence-corrected chi connectivity index (χ4v) is 3.78. The van der Waals surface area contributed by atoms with Crippen LogP contribution in [0.4, 0.5) is 23.9 Å². The van der Waals surface area contributed by atoms with Crippen LogP contribution >= 0.6 is 0 Å². The molecule has 33 heavy (non-hydrogen) atoms. The van der Waals surface area contributed by atoms with Gasteiger partial charge in [-0.15, -0.1) is 0 Å². The zero-order chi connectivity index (χ0) is 24.2. The molecular formula is C20H25F3N6O4. The summed E-state index contributed by atoms with van der Waals surface area (Å²) in [4.78, 5) is 33.9. The van der Waals surface area contributed by atoms with Crippen LogP contribution in [0.2, 0.25) is 0 Å². The minimum atomic E-state index is -4.54. The van der Waals surface area contributed by atoms with E-state index in [-0.39, 0.29) is 36.0 Å². The normalized spacial score (nSPS) is 15.8. The van der Waals surface area contributed by atoms with Crippen molar-refractivity contribution in [1.29, 1.82) is 0 Å². The molecule has 0 aliphatic carbocycles. The quantitative estimate of drug-likeness (QED) is 0.653. The Hall–Kier alpha value is -3.38. The maximum absolute atomic E-state index is 13.0. The van der Waals surface area contributed by atoms with Crippen LogP contribution in [0.3, 0.4) is 0 Å². The smallest absolute Gasteiger partial charge is 0.433 e. The Morgan fingerprint density at radius 3 is 2.64 bits per heavy atom. The summed E-state index contributed by atoms with van der Waals surface area (Å²) in [5, 5.41) is 3.80. The van der Waals surface area contributed by atoms with Crippen LogP contribution in [0.5, 0.6) is 0 Å². The van der Waals surface area contributed by atoms with Crippen LogP contribution < -0.4 is 10.6 Å². The largest absolute Gasteiger partial charge is 0.449 e. The molecule has 1 saturated heterocycles. The summed E-state index contributed by atoms with van der Waals surface area (Å²) in [6.45, 7) is 0.900. The third kappa shape index (κ3) is 6.33. The zero-order valence-electron chi connectivity index (χ0n) is 18.2. The predicted molar refractivity (Wildman–Crippen MR) is 109 cm³/mol. The minimum Gasteiger partial charge on any atom is -0.449 e. The highest BCUT2D eigenvalue weighted by Crippen LogP contribution is 2.32. The molecule has 1 aliphatic rings. The highest BCUT2D eigenvalue weighted by Gasteiger charge is 2.34. The Morgan fingerprint density at radius 1 is 1.33 bits per heavy atom. The van der Waals surface area contributed by atoms with Crippen LogP contribution in [0.15, 0.2) is 22.9 Å². The van der Waals surface area contributed by atoms with Gasteiger partial charge in [-0.25, -0.2) is 14.8 Å². The number of piperidine rings is 1. The van der Waals surface area contributed by atoms with E-state index in [1.54, 1.807) is 25.1 Å². The van der Waals surface area contributed by atoms with Crippen LogP contribution in [0.25, 0.3) is 0 Å². The highest BCUT2D eigenvalue weighted by molar-refractivity contribution is 5.91. The van der Waals surface area contributed by atoms with Crippen molar-refractivity contribution in [2.75, 3.05) is 38.7 Å². The van der Waals surface area contributed by atoms with Gasteiger partial charge in [0.05, 0.1) is 6.61 Å². The van der Waals surface area contributed by atoms with Gasteiger partial charge in [-0.1, -0.05) is 5.16 Å². The average molecular weight is 470 g/mol. The SMILES string of the molecule is CN(C)C(=O)c1cc(CC(COC(N)=O)C2CCN(c3nccc(C(F)(F)F)n3)CC2)on1. The molecule has 2 aromatic heterocycles. The van der Waals surface area contributed by atoms with Crippen LogP contribution in [0.1, 0.15) is 34.8 Å². The molecule has 0 aromatic carbocycles. The third-order valence-corrected chi connectivity index (χ3v) is 5.51. The third-order valence-electron chi connectivity index (χ3n) is 5.51. The van der Waals surface area contributed by atoms with Gasteiger partial charge in [-0.2, -0.15) is 13.2 Å². The Balaban J connectivity index is 1.67. The predicted octanol–water partition coefficient (Wildman–Crippen LogP) is 2.36. The molecule has 1 aliphatic heterocycles. The Labute approximate surface area is 187 Å². The second-order valence-electron chi connectivity index (χ2n) is 8.04. The minimum absolute atomic E-state index is 0.0234. The van der Waals surface area contributed by atoms with Gasteiger partial charge in [-0.05, 0) is 24.8 Å². The lowest BCUT2D eigenvalue weighted by atomic mass is 9.82. The molecular weight excluding hydrogens is 445 g/mol. The van der Waals surface area contributed by atoms with Gasteiger partial charge in [0.25, 0.3) is 5.91 Å². The van der Waals surface area contributed by atoms with Crippen molar-refractivity contribution in [2.24, 2.45) is 17.6 Å². The maximum Gasteiger partial charge on any atom is 0.433 e. The van der Waals surface area contributed by atoms with E-state index in [0.29, 0.717) is 38.1 Å². The molecule has 2 N–H and O–H groups in total. The van der Waals surface area contributed by atoms with Crippen molar-refractivity contribution >= 4 is 17.9 Å². The molecule has 180 valence electrons. The summed E-state index contributed by atoms with van der Waals surface area (Å²) < 4.78 is 49.2. The first-order valence-electron chi connectivity index (χ1n) is 10.3. The number of halogens is 3. The summed E-state index contributed by atoms with van der Waals surface area (Å²) >= 11 is 0. The number of nitrogens with two attached hydrogens (primary N) is 1. The van der Waals surface area contributed by atoms with Crippen molar-refractivity contribution in [1.82, 2.24) is 20.0 Å². The number of carbonyl (C=O) groups is 2. The number of primary amides is 1. The Kier molecular flexibility index (Phi) is 7.39. The molecule has 0 bridgehead atoms. The molecule has 2 aromatic rings. The number of hydrogen-bond acceptors (Lipinski definition) is 8. The first-order chi connectivity index (χ1) is 15.5. The number of nitrogens with zero attached hydrogens (tertiary/aromatic N) is 5. The number of hydrogen-bond donors (Lipinski definition) is 1. The van der Waals surface area contributed by atoms with E-state index in [2.05, 4.69) is 15.1 Å². The van der Waals surface area contributed by atoms with Crippen LogP contribution in [0, 0.1) is 11.8 Å². The maximum atomic E-state index is 13.0. The number of carbonyl (C=O) groups excluding carboxylic acids is 2. The summed E-state index contributed by atoms with van der Waals surface area (Å²) in [6, 6.07) is 2.38. The molecule has 1 fully saturated rings. The first-order valence-corrected chi connectivity index (χ1v) is 10.3. The van der Waals surface area contributed by atoms with E-state index in [1.807, 2.05) is 0 Å². The zero-order valence-corrected chi connectivity index (χ0v) is 18.2. The van der Waals surface area contributed by atoms with Crippen molar-refractivity contribution in [3.63, 3.8) is 0 Å². The molecule has 3 rings (SSSR count). The monoisotopic (exact) mass is 470 g/mol. The summed E-state index contributed by atoms with van der Waals surface area (Å²) in [5.74, 6) is 0.0587. The molecule has 0 radical (unpaired) electrons. The van der Waals surface area contributed by atoms with E-state index in [4.69, 9.17) is 15.0 Å². The molecule has 0 saturated carbocycles. The van der Waals surface area contributed by atoms with Gasteiger partial charge in [0.1, 0.15) is 11.5 Å². The second-order valence-corrected chi connectivity index (χ2v) is 8.04. The van der Waals surface area contributed by atoms with Crippen LogP contribution in [-0.4, -0.2) is 65.8 Å². The number of ether oxygens (including phenoxy) is 1.